The Morgan fingerprint density at radius 1 is 0.780 bits per heavy atom. The molecule has 5 amide bonds. The van der Waals surface area contributed by atoms with Crippen LogP contribution in [0.15, 0.2) is 83.6 Å². The van der Waals surface area contributed by atoms with E-state index in [1.165, 1.54) is 29.8 Å². The van der Waals surface area contributed by atoms with Gasteiger partial charge in [0.2, 0.25) is 5.91 Å². The molecule has 5 rings (SSSR count). The summed E-state index contributed by atoms with van der Waals surface area (Å²) in [6, 6.07) is 16.9. The Morgan fingerprint density at radius 3 is 1.92 bits per heavy atom. The number of anilines is 3. The zero-order valence-electron chi connectivity index (χ0n) is 26.9. The number of methoxy groups -OCH3 is 1. The Morgan fingerprint density at radius 2 is 1.38 bits per heavy atom. The number of nitrogens with zero attached hydrogens (tertiary/aromatic N) is 2. The number of nitrogens with one attached hydrogen (secondary N) is 3. The SMILES string of the molecule is COC(=O)CCCNC(=O)Cc1cccc(NC(=O)NC2C(=O)N(CC(=O)c3cccs3)c3ccccc3N(CC(=O)c3cccs3)C2=O)c1. The summed E-state index contributed by atoms with van der Waals surface area (Å²) in [5.74, 6) is -3.11. The molecule has 0 aliphatic carbocycles. The molecule has 3 N–H and O–H groups in total. The first-order valence-electron chi connectivity index (χ1n) is 15.5. The number of carbonyl (C=O) groups is 7. The highest BCUT2D eigenvalue weighted by atomic mass is 32.1. The molecule has 0 saturated heterocycles. The van der Waals surface area contributed by atoms with Gasteiger partial charge in [-0.25, -0.2) is 4.79 Å². The number of carbonyl (C=O) groups excluding carboxylic acids is 7. The van der Waals surface area contributed by atoms with Crippen LogP contribution in [0.4, 0.5) is 21.9 Å². The van der Waals surface area contributed by atoms with Crippen molar-refractivity contribution in [1.29, 1.82) is 0 Å². The van der Waals surface area contributed by atoms with Crippen LogP contribution in [0.25, 0.3) is 0 Å². The lowest BCUT2D eigenvalue weighted by molar-refractivity contribution is -0.140. The number of amides is 5. The minimum absolute atomic E-state index is 0.00627. The van der Waals surface area contributed by atoms with Crippen LogP contribution in [0.2, 0.25) is 0 Å². The smallest absolute Gasteiger partial charge is 0.320 e. The Hall–Kier alpha value is -5.67. The van der Waals surface area contributed by atoms with Crippen LogP contribution in [0, 0.1) is 0 Å². The molecule has 0 fully saturated rings. The number of rotatable bonds is 14. The van der Waals surface area contributed by atoms with Crippen molar-refractivity contribution < 1.29 is 38.3 Å². The predicted molar refractivity (Wildman–Crippen MR) is 189 cm³/mol. The third kappa shape index (κ3) is 8.86. The van der Waals surface area contributed by atoms with Crippen molar-refractivity contribution in [2.45, 2.75) is 25.3 Å². The van der Waals surface area contributed by atoms with Gasteiger partial charge in [-0.3, -0.25) is 28.8 Å². The minimum atomic E-state index is -1.80. The average Bonchev–Trinajstić information content (AvgIpc) is 3.85. The van der Waals surface area contributed by atoms with Crippen LogP contribution in [0.3, 0.4) is 0 Å². The summed E-state index contributed by atoms with van der Waals surface area (Å²) >= 11 is 2.42. The van der Waals surface area contributed by atoms with Crippen LogP contribution in [-0.2, 0) is 30.3 Å². The second-order valence-electron chi connectivity index (χ2n) is 11.1. The molecule has 4 aromatic rings. The van der Waals surface area contributed by atoms with Crippen LogP contribution < -0.4 is 25.8 Å². The quantitative estimate of drug-likeness (QED) is 0.0760. The summed E-state index contributed by atoms with van der Waals surface area (Å²) in [7, 11) is 1.29. The van der Waals surface area contributed by atoms with Gasteiger partial charge in [0.25, 0.3) is 11.8 Å². The summed E-state index contributed by atoms with van der Waals surface area (Å²) in [6.07, 6.45) is 0.589. The van der Waals surface area contributed by atoms with E-state index < -0.39 is 37.0 Å². The third-order valence-electron chi connectivity index (χ3n) is 7.62. The molecule has 0 saturated carbocycles. The lowest BCUT2D eigenvalue weighted by Gasteiger charge is -2.24. The van der Waals surface area contributed by atoms with E-state index in [1.54, 1.807) is 83.6 Å². The molecule has 258 valence electrons. The maximum atomic E-state index is 14.1. The molecular weight excluding hydrogens is 683 g/mol. The molecule has 1 aliphatic rings. The number of thiophene rings is 2. The molecule has 3 heterocycles. The lowest BCUT2D eigenvalue weighted by Crippen LogP contribution is -2.57. The van der Waals surface area contributed by atoms with E-state index in [9.17, 15) is 33.6 Å². The molecule has 1 aliphatic heterocycles. The second kappa shape index (κ2) is 16.6. The van der Waals surface area contributed by atoms with Crippen LogP contribution in [0.1, 0.15) is 37.7 Å². The molecule has 0 atom stereocenters. The molecule has 2 aromatic carbocycles. The zero-order chi connectivity index (χ0) is 35.6. The predicted octanol–water partition coefficient (Wildman–Crippen LogP) is 4.06. The fraction of sp³-hybridized carbons (Fsp3) is 0.229. The summed E-state index contributed by atoms with van der Waals surface area (Å²) < 4.78 is 4.59. The van der Waals surface area contributed by atoms with Gasteiger partial charge in [-0.2, -0.15) is 0 Å². The van der Waals surface area contributed by atoms with E-state index in [0.717, 1.165) is 9.80 Å². The first kappa shape index (κ1) is 35.6. The second-order valence-corrected chi connectivity index (χ2v) is 13.0. The number of para-hydroxylation sites is 2. The van der Waals surface area contributed by atoms with Crippen molar-refractivity contribution >= 4 is 81.0 Å². The Kier molecular flexibility index (Phi) is 11.9. The van der Waals surface area contributed by atoms with E-state index in [0.29, 0.717) is 21.7 Å². The molecule has 50 heavy (non-hydrogen) atoms. The van der Waals surface area contributed by atoms with Gasteiger partial charge in [0.05, 0.1) is 47.7 Å². The van der Waals surface area contributed by atoms with Crippen LogP contribution >= 0.6 is 22.7 Å². The first-order valence-corrected chi connectivity index (χ1v) is 17.3. The lowest BCUT2D eigenvalue weighted by atomic mass is 10.1. The third-order valence-corrected chi connectivity index (χ3v) is 9.44. The molecular formula is C35H33N5O8S2. The van der Waals surface area contributed by atoms with Crippen LogP contribution in [-0.4, -0.2) is 74.1 Å². The van der Waals surface area contributed by atoms with Crippen molar-refractivity contribution in [3.8, 4) is 0 Å². The summed E-state index contributed by atoms with van der Waals surface area (Å²) in [6.45, 7) is -0.542. The standard InChI is InChI=1S/C35H33N5O8S2/c1-48-31(44)14-5-15-36-30(43)19-22-8-4-9-23(18-22)37-35(47)38-32-33(45)39(20-26(41)28-12-6-16-49-28)24-10-2-3-11-25(24)40(34(32)46)21-27(42)29-13-7-17-50-29/h2-4,6-13,16-18,32H,5,14-15,19-21H2,1H3,(H,36,43)(H2,37,38,47). The largest absolute Gasteiger partial charge is 0.469 e. The number of hydrogen-bond donors (Lipinski definition) is 3. The van der Waals surface area contributed by atoms with Crippen molar-refractivity contribution in [2.75, 3.05) is 41.9 Å². The molecule has 2 aromatic heterocycles. The summed E-state index contributed by atoms with van der Waals surface area (Å²) in [5, 5.41) is 11.3. The summed E-state index contributed by atoms with van der Waals surface area (Å²) in [4.78, 5) is 95.0. The van der Waals surface area contributed by atoms with E-state index in [2.05, 4.69) is 20.7 Å². The highest BCUT2D eigenvalue weighted by Gasteiger charge is 2.42. The Bertz CT molecular complexity index is 1810. The van der Waals surface area contributed by atoms with Gasteiger partial charge >= 0.3 is 12.0 Å². The highest BCUT2D eigenvalue weighted by Crippen LogP contribution is 2.34. The van der Waals surface area contributed by atoms with Crippen molar-refractivity contribution in [2.24, 2.45) is 0 Å². The summed E-state index contributed by atoms with van der Waals surface area (Å²) in [5.41, 5.74) is 1.32. The Balaban J connectivity index is 1.35. The first-order chi connectivity index (χ1) is 24.1. The van der Waals surface area contributed by atoms with Crippen molar-refractivity contribution in [3.05, 3.63) is 98.9 Å². The maximum Gasteiger partial charge on any atom is 0.320 e. The van der Waals surface area contributed by atoms with E-state index in [4.69, 9.17) is 0 Å². The zero-order valence-corrected chi connectivity index (χ0v) is 28.5. The van der Waals surface area contributed by atoms with Gasteiger partial charge < -0.3 is 30.5 Å². The normalized spacial score (nSPS) is 12.9. The Labute approximate surface area is 295 Å². The minimum Gasteiger partial charge on any atom is -0.469 e. The van der Waals surface area contributed by atoms with E-state index >= 15 is 0 Å². The molecule has 0 radical (unpaired) electrons. The number of ether oxygens (including phenoxy) is 1. The fourth-order valence-corrected chi connectivity index (χ4v) is 6.52. The number of benzene rings is 2. The van der Waals surface area contributed by atoms with E-state index in [1.807, 2.05) is 0 Å². The van der Waals surface area contributed by atoms with Crippen LogP contribution in [0.5, 0.6) is 0 Å². The fourth-order valence-electron chi connectivity index (χ4n) is 5.21. The highest BCUT2D eigenvalue weighted by molar-refractivity contribution is 7.12. The van der Waals surface area contributed by atoms with Gasteiger partial charge in [-0.15, -0.1) is 22.7 Å². The average molecular weight is 716 g/mol. The van der Waals surface area contributed by atoms with Gasteiger partial charge in [-0.1, -0.05) is 36.4 Å². The molecule has 13 nitrogen and oxygen atoms in total. The van der Waals surface area contributed by atoms with Gasteiger partial charge in [-0.05, 0) is 59.1 Å². The van der Waals surface area contributed by atoms with Gasteiger partial charge in [0.1, 0.15) is 0 Å². The number of Topliss-reactive ketones (excluding diaryl/α,β-unsaturated/α-hetero) is 2. The molecule has 0 spiro atoms. The topological polar surface area (TPSA) is 171 Å². The number of fused-ring (bicyclic) bond motifs is 1. The molecule has 0 bridgehead atoms. The maximum absolute atomic E-state index is 14.1. The van der Waals surface area contributed by atoms with Gasteiger partial charge in [0.15, 0.2) is 17.6 Å². The molecule has 0 unspecified atom stereocenters. The monoisotopic (exact) mass is 715 g/mol. The van der Waals surface area contributed by atoms with Crippen molar-refractivity contribution in [1.82, 2.24) is 10.6 Å². The van der Waals surface area contributed by atoms with E-state index in [-0.39, 0.29) is 59.9 Å². The number of hydrogen-bond acceptors (Lipinski definition) is 10. The number of ketones is 2. The van der Waals surface area contributed by atoms with Gasteiger partial charge in [0, 0.05) is 18.7 Å². The van der Waals surface area contributed by atoms with Crippen molar-refractivity contribution in [3.63, 3.8) is 0 Å². The number of esters is 1. The number of urea groups is 1. The molecule has 15 heteroatoms.